The third-order valence-corrected chi connectivity index (χ3v) is 3.85. The number of hydrogen-bond acceptors (Lipinski definition) is 3. The average Bonchev–Trinajstić information content (AvgIpc) is 2.70. The normalized spacial score (nSPS) is 27.8. The minimum absolute atomic E-state index is 0.728. The molecule has 78 valence electrons. The fraction of sp³-hybridized carbons (Fsp3) is 0.727. The van der Waals surface area contributed by atoms with Gasteiger partial charge in [-0.1, -0.05) is 0 Å². The number of hydrogen-bond donors (Lipinski definition) is 1. The second-order valence-corrected chi connectivity index (χ2v) is 5.20. The van der Waals surface area contributed by atoms with Gasteiger partial charge in [-0.05, 0) is 45.1 Å². The second-order valence-electron chi connectivity index (χ2n) is 4.22. The van der Waals surface area contributed by atoms with Crippen molar-refractivity contribution in [2.24, 2.45) is 5.92 Å². The van der Waals surface area contributed by atoms with E-state index >= 15 is 0 Å². The summed E-state index contributed by atoms with van der Waals surface area (Å²) in [5.41, 5.74) is 0. The van der Waals surface area contributed by atoms with Gasteiger partial charge in [0.1, 0.15) is 0 Å². The number of thiazole rings is 1. The van der Waals surface area contributed by atoms with E-state index in [1.165, 1.54) is 37.2 Å². The monoisotopic (exact) mass is 210 g/mol. The molecule has 0 spiro atoms. The minimum atomic E-state index is 0.728. The lowest BCUT2D eigenvalue weighted by Crippen LogP contribution is -2.36. The van der Waals surface area contributed by atoms with Crippen molar-refractivity contribution in [1.82, 2.24) is 10.3 Å². The first-order chi connectivity index (χ1) is 6.84. The maximum absolute atomic E-state index is 4.31. The molecule has 1 aliphatic heterocycles. The van der Waals surface area contributed by atoms with Crippen LogP contribution in [0.3, 0.4) is 0 Å². The van der Waals surface area contributed by atoms with E-state index in [0.29, 0.717) is 0 Å². The first kappa shape index (κ1) is 10.1. The van der Waals surface area contributed by atoms with Gasteiger partial charge in [-0.2, -0.15) is 0 Å². The van der Waals surface area contributed by atoms with E-state index in [1.807, 2.05) is 6.20 Å². The van der Waals surface area contributed by atoms with E-state index in [-0.39, 0.29) is 0 Å². The Labute approximate surface area is 89.8 Å². The number of rotatable bonds is 3. The molecular formula is C11H18N2S. The highest BCUT2D eigenvalue weighted by atomic mass is 32.1. The van der Waals surface area contributed by atoms with Crippen LogP contribution in [0.15, 0.2) is 11.6 Å². The number of aromatic nitrogens is 1. The first-order valence-corrected chi connectivity index (χ1v) is 6.34. The van der Waals surface area contributed by atoms with Crippen molar-refractivity contribution >= 4 is 11.3 Å². The van der Waals surface area contributed by atoms with Gasteiger partial charge in [0.15, 0.2) is 0 Å². The molecule has 0 aliphatic carbocycles. The van der Waals surface area contributed by atoms with Crippen LogP contribution in [0, 0.1) is 5.92 Å². The van der Waals surface area contributed by atoms with Crippen LogP contribution in [0.2, 0.25) is 0 Å². The van der Waals surface area contributed by atoms with Crippen molar-refractivity contribution in [3.8, 4) is 0 Å². The van der Waals surface area contributed by atoms with Gasteiger partial charge in [0.25, 0.3) is 0 Å². The third-order valence-electron chi connectivity index (χ3n) is 3.01. The number of nitrogens with one attached hydrogen (secondary N) is 1. The van der Waals surface area contributed by atoms with E-state index in [1.54, 1.807) is 11.3 Å². The fourth-order valence-electron chi connectivity index (χ4n) is 2.01. The van der Waals surface area contributed by atoms with Crippen molar-refractivity contribution in [3.63, 3.8) is 0 Å². The van der Waals surface area contributed by atoms with Crippen LogP contribution in [0.25, 0.3) is 0 Å². The van der Waals surface area contributed by atoms with Gasteiger partial charge in [-0.25, -0.2) is 4.98 Å². The molecule has 1 aliphatic rings. The van der Waals surface area contributed by atoms with Crippen molar-refractivity contribution < 1.29 is 0 Å². The molecule has 0 radical (unpaired) electrons. The van der Waals surface area contributed by atoms with Gasteiger partial charge in [0, 0.05) is 17.6 Å². The molecule has 1 aromatic rings. The third kappa shape index (κ3) is 2.79. The van der Waals surface area contributed by atoms with Gasteiger partial charge < -0.3 is 5.32 Å². The summed E-state index contributed by atoms with van der Waals surface area (Å²) in [6.07, 6.45) is 7.09. The molecule has 2 unspecified atom stereocenters. The predicted octanol–water partition coefficient (Wildman–Crippen LogP) is 2.46. The standard InChI is InChI=1S/C11H18N2S/c1-9-2-3-10(8-13-9)4-5-11-12-6-7-14-11/h6-7,9-10,13H,2-5,8H2,1H3. The Hall–Kier alpha value is -0.410. The highest BCUT2D eigenvalue weighted by molar-refractivity contribution is 7.09. The van der Waals surface area contributed by atoms with E-state index < -0.39 is 0 Å². The molecule has 2 nitrogen and oxygen atoms in total. The van der Waals surface area contributed by atoms with Crippen molar-refractivity contribution in [3.05, 3.63) is 16.6 Å². The summed E-state index contributed by atoms with van der Waals surface area (Å²) in [4.78, 5) is 4.31. The van der Waals surface area contributed by atoms with Gasteiger partial charge in [0.05, 0.1) is 5.01 Å². The zero-order chi connectivity index (χ0) is 9.80. The van der Waals surface area contributed by atoms with E-state index in [4.69, 9.17) is 0 Å². The van der Waals surface area contributed by atoms with Crippen LogP contribution in [-0.2, 0) is 6.42 Å². The van der Waals surface area contributed by atoms with Crippen molar-refractivity contribution in [2.75, 3.05) is 6.54 Å². The van der Waals surface area contributed by atoms with Crippen LogP contribution in [0.1, 0.15) is 31.2 Å². The Morgan fingerprint density at radius 1 is 1.57 bits per heavy atom. The molecule has 1 fully saturated rings. The summed E-state index contributed by atoms with van der Waals surface area (Å²) in [5.74, 6) is 0.870. The maximum Gasteiger partial charge on any atom is 0.0924 e. The molecule has 3 heteroatoms. The molecule has 0 bridgehead atoms. The number of nitrogens with zero attached hydrogens (tertiary/aromatic N) is 1. The maximum atomic E-state index is 4.31. The summed E-state index contributed by atoms with van der Waals surface area (Å²) in [6, 6.07) is 0.728. The lowest BCUT2D eigenvalue weighted by atomic mass is 9.92. The molecule has 2 atom stereocenters. The van der Waals surface area contributed by atoms with Crippen molar-refractivity contribution in [1.29, 1.82) is 0 Å². The Morgan fingerprint density at radius 3 is 3.14 bits per heavy atom. The molecule has 0 amide bonds. The number of aryl methyl sites for hydroxylation is 1. The Morgan fingerprint density at radius 2 is 2.50 bits per heavy atom. The summed E-state index contributed by atoms with van der Waals surface area (Å²) < 4.78 is 0. The quantitative estimate of drug-likeness (QED) is 0.829. The van der Waals surface area contributed by atoms with Gasteiger partial charge in [-0.15, -0.1) is 11.3 Å². The van der Waals surface area contributed by atoms with Crippen LogP contribution in [0.5, 0.6) is 0 Å². The predicted molar refractivity (Wildman–Crippen MR) is 60.6 cm³/mol. The average molecular weight is 210 g/mol. The molecule has 1 aromatic heterocycles. The summed E-state index contributed by atoms with van der Waals surface area (Å²) >= 11 is 1.78. The zero-order valence-electron chi connectivity index (χ0n) is 8.70. The fourth-order valence-corrected chi connectivity index (χ4v) is 2.64. The first-order valence-electron chi connectivity index (χ1n) is 5.46. The highest BCUT2D eigenvalue weighted by Gasteiger charge is 2.17. The van der Waals surface area contributed by atoms with Crippen molar-refractivity contribution in [2.45, 2.75) is 38.6 Å². The smallest absolute Gasteiger partial charge is 0.0924 e. The topological polar surface area (TPSA) is 24.9 Å². The lowest BCUT2D eigenvalue weighted by molar-refractivity contribution is 0.309. The highest BCUT2D eigenvalue weighted by Crippen LogP contribution is 2.20. The zero-order valence-corrected chi connectivity index (χ0v) is 9.52. The molecule has 1 saturated heterocycles. The van der Waals surface area contributed by atoms with Gasteiger partial charge >= 0.3 is 0 Å². The molecular weight excluding hydrogens is 192 g/mol. The molecule has 2 heterocycles. The van der Waals surface area contributed by atoms with Gasteiger partial charge in [-0.3, -0.25) is 0 Å². The Balaban J connectivity index is 1.71. The van der Waals surface area contributed by atoms with Crippen LogP contribution in [-0.4, -0.2) is 17.6 Å². The Bertz CT molecular complexity index is 250. The summed E-state index contributed by atoms with van der Waals surface area (Å²) in [5, 5.41) is 6.91. The Kier molecular flexibility index (Phi) is 3.54. The van der Waals surface area contributed by atoms with E-state index in [0.717, 1.165) is 12.0 Å². The van der Waals surface area contributed by atoms with Crippen LogP contribution in [0.4, 0.5) is 0 Å². The minimum Gasteiger partial charge on any atom is -0.314 e. The lowest BCUT2D eigenvalue weighted by Gasteiger charge is -2.27. The summed E-state index contributed by atoms with van der Waals surface area (Å²) in [7, 11) is 0. The molecule has 1 N–H and O–H groups in total. The van der Waals surface area contributed by atoms with Gasteiger partial charge in [0.2, 0.25) is 0 Å². The SMILES string of the molecule is CC1CCC(CCc2nccs2)CN1. The molecule has 0 saturated carbocycles. The molecule has 0 aromatic carbocycles. The molecule has 14 heavy (non-hydrogen) atoms. The summed E-state index contributed by atoms with van der Waals surface area (Å²) in [6.45, 7) is 3.48. The van der Waals surface area contributed by atoms with E-state index in [2.05, 4.69) is 22.6 Å². The number of piperidine rings is 1. The second kappa shape index (κ2) is 4.89. The van der Waals surface area contributed by atoms with Crippen LogP contribution >= 0.6 is 11.3 Å². The molecule has 2 rings (SSSR count). The van der Waals surface area contributed by atoms with Crippen LogP contribution < -0.4 is 5.32 Å². The largest absolute Gasteiger partial charge is 0.314 e. The van der Waals surface area contributed by atoms with E-state index in [9.17, 15) is 0 Å².